The Kier molecular flexibility index (Phi) is 5.84. The van der Waals surface area contributed by atoms with Crippen molar-refractivity contribution in [3.8, 4) is 5.75 Å². The first-order chi connectivity index (χ1) is 13.3. The molecule has 2 aromatic carbocycles. The normalized spacial score (nSPS) is 16.8. The molecular formula is C21H19N2O4S-. The number of carboxylic acids is 1. The number of ether oxygens (including phenoxy) is 1. The van der Waals surface area contributed by atoms with Crippen LogP contribution in [0.1, 0.15) is 16.7 Å². The lowest BCUT2D eigenvalue weighted by molar-refractivity contribution is -0.307. The number of likely N-dealkylation sites (N-methyl/N-ethyl adjacent to an activating group) is 1. The molecule has 1 amide bonds. The maximum absolute atomic E-state index is 12.6. The summed E-state index contributed by atoms with van der Waals surface area (Å²) in [6.07, 6.45) is 1.73. The summed E-state index contributed by atoms with van der Waals surface area (Å²) in [5.41, 5.74) is 3.86. The van der Waals surface area contributed by atoms with Crippen molar-refractivity contribution in [2.45, 2.75) is 13.8 Å². The van der Waals surface area contributed by atoms with Gasteiger partial charge in [0.2, 0.25) is 0 Å². The standard InChI is InChI=1S/C21H20N2O4S/c1-13-7-8-16(9-14(13)2)22-21-23(3)20(26)18(28-21)11-15-5-4-6-17(10-15)27-12-19(24)25/h4-11H,12H2,1-3H3,(H,24,25)/p-1/b18-11-,22-21?. The van der Waals surface area contributed by atoms with E-state index in [1.165, 1.54) is 22.2 Å². The lowest BCUT2D eigenvalue weighted by atomic mass is 10.1. The molecule has 1 saturated heterocycles. The van der Waals surface area contributed by atoms with E-state index < -0.39 is 12.6 Å². The summed E-state index contributed by atoms with van der Waals surface area (Å²) in [5.74, 6) is -1.04. The number of aliphatic imine (C=N–C) groups is 1. The van der Waals surface area contributed by atoms with Gasteiger partial charge in [0.25, 0.3) is 5.91 Å². The Morgan fingerprint density at radius 1 is 1.21 bits per heavy atom. The van der Waals surface area contributed by atoms with E-state index in [0.717, 1.165) is 16.8 Å². The highest BCUT2D eigenvalue weighted by molar-refractivity contribution is 8.18. The molecule has 144 valence electrons. The second kappa shape index (κ2) is 8.31. The number of aryl methyl sites for hydroxylation is 2. The number of benzene rings is 2. The van der Waals surface area contributed by atoms with Gasteiger partial charge in [0.15, 0.2) is 5.17 Å². The molecule has 28 heavy (non-hydrogen) atoms. The van der Waals surface area contributed by atoms with Crippen LogP contribution >= 0.6 is 11.8 Å². The van der Waals surface area contributed by atoms with Crippen LogP contribution in [-0.4, -0.2) is 35.6 Å². The van der Waals surface area contributed by atoms with Crippen molar-refractivity contribution in [1.29, 1.82) is 0 Å². The molecule has 0 aromatic heterocycles. The number of thioether (sulfide) groups is 1. The van der Waals surface area contributed by atoms with Crippen molar-refractivity contribution in [3.63, 3.8) is 0 Å². The van der Waals surface area contributed by atoms with E-state index in [0.29, 0.717) is 15.8 Å². The number of carbonyl (C=O) groups is 2. The van der Waals surface area contributed by atoms with Gasteiger partial charge in [-0.05, 0) is 72.6 Å². The fraction of sp³-hybridized carbons (Fsp3) is 0.190. The first-order valence-corrected chi connectivity index (χ1v) is 9.41. The van der Waals surface area contributed by atoms with Gasteiger partial charge in [0.05, 0.1) is 16.6 Å². The van der Waals surface area contributed by atoms with Gasteiger partial charge >= 0.3 is 0 Å². The van der Waals surface area contributed by atoms with Crippen LogP contribution in [0.3, 0.4) is 0 Å². The number of rotatable bonds is 5. The Balaban J connectivity index is 1.83. The molecule has 7 heteroatoms. The van der Waals surface area contributed by atoms with Crippen molar-refractivity contribution in [2.24, 2.45) is 4.99 Å². The van der Waals surface area contributed by atoms with Crippen molar-refractivity contribution < 1.29 is 19.4 Å². The summed E-state index contributed by atoms with van der Waals surface area (Å²) < 4.78 is 5.12. The summed E-state index contributed by atoms with van der Waals surface area (Å²) in [6, 6.07) is 12.8. The third-order valence-electron chi connectivity index (χ3n) is 4.23. The van der Waals surface area contributed by atoms with E-state index in [1.54, 1.807) is 31.3 Å². The largest absolute Gasteiger partial charge is 0.546 e. The first kappa shape index (κ1) is 19.7. The summed E-state index contributed by atoms with van der Waals surface area (Å²) in [4.78, 5) is 29.7. The molecule has 0 atom stereocenters. The number of carboxylic acid groups (broad SMARTS) is 1. The van der Waals surface area contributed by atoms with Gasteiger partial charge < -0.3 is 14.6 Å². The summed E-state index contributed by atoms with van der Waals surface area (Å²) >= 11 is 1.29. The van der Waals surface area contributed by atoms with Crippen molar-refractivity contribution >= 4 is 40.6 Å². The molecule has 2 aromatic rings. The van der Waals surface area contributed by atoms with Gasteiger partial charge in [-0.2, -0.15) is 0 Å². The van der Waals surface area contributed by atoms with Crippen LogP contribution in [0.5, 0.6) is 5.75 Å². The minimum absolute atomic E-state index is 0.145. The second-order valence-electron chi connectivity index (χ2n) is 6.37. The lowest BCUT2D eigenvalue weighted by Crippen LogP contribution is -2.28. The maximum Gasteiger partial charge on any atom is 0.266 e. The SMILES string of the molecule is Cc1ccc(N=C2S/C(=C\c3cccc(OCC(=O)[O-])c3)C(=O)N2C)cc1C. The van der Waals surface area contributed by atoms with E-state index in [4.69, 9.17) is 4.74 Å². The van der Waals surface area contributed by atoms with Crippen LogP contribution in [-0.2, 0) is 9.59 Å². The fourth-order valence-corrected chi connectivity index (χ4v) is 3.53. The van der Waals surface area contributed by atoms with Crippen molar-refractivity contribution in [3.05, 3.63) is 64.1 Å². The average molecular weight is 395 g/mol. The van der Waals surface area contributed by atoms with Gasteiger partial charge in [-0.15, -0.1) is 0 Å². The maximum atomic E-state index is 12.6. The Bertz CT molecular complexity index is 998. The van der Waals surface area contributed by atoms with Crippen LogP contribution in [0, 0.1) is 13.8 Å². The zero-order valence-electron chi connectivity index (χ0n) is 15.8. The van der Waals surface area contributed by atoms with Crippen LogP contribution in [0.15, 0.2) is 52.4 Å². The zero-order chi connectivity index (χ0) is 20.3. The Morgan fingerprint density at radius 2 is 2.00 bits per heavy atom. The van der Waals surface area contributed by atoms with Gasteiger partial charge in [-0.25, -0.2) is 4.99 Å². The molecule has 1 fully saturated rings. The molecular weight excluding hydrogens is 376 g/mol. The number of aliphatic carboxylic acids is 1. The molecule has 1 aliphatic rings. The van der Waals surface area contributed by atoms with Crippen LogP contribution in [0.4, 0.5) is 5.69 Å². The predicted octanol–water partition coefficient (Wildman–Crippen LogP) is 2.67. The van der Waals surface area contributed by atoms with Crippen LogP contribution in [0.2, 0.25) is 0 Å². The van der Waals surface area contributed by atoms with E-state index in [1.807, 2.05) is 38.1 Å². The van der Waals surface area contributed by atoms with Gasteiger partial charge in [0.1, 0.15) is 12.4 Å². The zero-order valence-corrected chi connectivity index (χ0v) is 16.6. The third kappa shape index (κ3) is 4.61. The minimum atomic E-state index is -1.29. The Labute approximate surface area is 167 Å². The monoisotopic (exact) mass is 395 g/mol. The number of carbonyl (C=O) groups excluding carboxylic acids is 2. The fourth-order valence-electron chi connectivity index (χ4n) is 2.54. The summed E-state index contributed by atoms with van der Waals surface area (Å²) in [5, 5.41) is 11.1. The van der Waals surface area contributed by atoms with E-state index in [9.17, 15) is 14.7 Å². The predicted molar refractivity (Wildman–Crippen MR) is 108 cm³/mol. The lowest BCUT2D eigenvalue weighted by Gasteiger charge is -2.08. The van der Waals surface area contributed by atoms with Gasteiger partial charge in [-0.1, -0.05) is 18.2 Å². The number of hydrogen-bond acceptors (Lipinski definition) is 6. The quantitative estimate of drug-likeness (QED) is 0.727. The molecule has 0 N–H and O–H groups in total. The minimum Gasteiger partial charge on any atom is -0.546 e. The molecule has 0 unspecified atom stereocenters. The van der Waals surface area contributed by atoms with E-state index >= 15 is 0 Å². The molecule has 6 nitrogen and oxygen atoms in total. The smallest absolute Gasteiger partial charge is 0.266 e. The highest BCUT2D eigenvalue weighted by Crippen LogP contribution is 2.33. The number of hydrogen-bond donors (Lipinski definition) is 0. The number of amidine groups is 1. The molecule has 0 radical (unpaired) electrons. The molecule has 1 heterocycles. The number of amides is 1. The summed E-state index contributed by atoms with van der Waals surface area (Å²) in [6.45, 7) is 3.54. The Morgan fingerprint density at radius 3 is 2.71 bits per heavy atom. The third-order valence-corrected chi connectivity index (χ3v) is 5.29. The second-order valence-corrected chi connectivity index (χ2v) is 7.38. The van der Waals surface area contributed by atoms with E-state index in [-0.39, 0.29) is 5.91 Å². The molecule has 3 rings (SSSR count). The van der Waals surface area contributed by atoms with Crippen molar-refractivity contribution in [1.82, 2.24) is 4.90 Å². The van der Waals surface area contributed by atoms with Crippen molar-refractivity contribution in [2.75, 3.05) is 13.7 Å². The molecule has 0 spiro atoms. The highest BCUT2D eigenvalue weighted by atomic mass is 32.2. The first-order valence-electron chi connectivity index (χ1n) is 8.60. The molecule has 0 aliphatic carbocycles. The van der Waals surface area contributed by atoms with Crippen LogP contribution < -0.4 is 9.84 Å². The number of nitrogens with zero attached hydrogens (tertiary/aromatic N) is 2. The van der Waals surface area contributed by atoms with Crippen LogP contribution in [0.25, 0.3) is 6.08 Å². The topological polar surface area (TPSA) is 82.0 Å². The van der Waals surface area contributed by atoms with E-state index in [2.05, 4.69) is 4.99 Å². The highest BCUT2D eigenvalue weighted by Gasteiger charge is 2.30. The van der Waals surface area contributed by atoms with Gasteiger partial charge in [-0.3, -0.25) is 9.69 Å². The Hall–Kier alpha value is -3.06. The summed E-state index contributed by atoms with van der Waals surface area (Å²) in [7, 11) is 1.69. The molecule has 0 saturated carbocycles. The van der Waals surface area contributed by atoms with Gasteiger partial charge in [0, 0.05) is 7.05 Å². The molecule has 0 bridgehead atoms. The average Bonchev–Trinajstić information content (AvgIpc) is 2.91. The molecule has 1 aliphatic heterocycles.